The van der Waals surface area contributed by atoms with Gasteiger partial charge in [-0.25, -0.2) is 29.9 Å². The second-order valence-electron chi connectivity index (χ2n) is 18.0. The van der Waals surface area contributed by atoms with Crippen molar-refractivity contribution in [3.8, 4) is 43.9 Å². The predicted molar refractivity (Wildman–Crippen MR) is 275 cm³/mol. The molecule has 66 heavy (non-hydrogen) atoms. The van der Waals surface area contributed by atoms with Gasteiger partial charge in [-0.2, -0.15) is 0 Å². The zero-order valence-corrected chi connectivity index (χ0v) is 38.1. The van der Waals surface area contributed by atoms with E-state index in [0.29, 0.717) is 5.82 Å². The highest BCUT2D eigenvalue weighted by molar-refractivity contribution is 7.13. The lowest BCUT2D eigenvalue weighted by molar-refractivity contribution is 0.698. The van der Waals surface area contributed by atoms with Crippen LogP contribution in [0.15, 0.2) is 174 Å². The Morgan fingerprint density at radius 1 is 0.485 bits per heavy atom. The molecular weight excluding hydrogens is 842 g/mol. The van der Waals surface area contributed by atoms with Gasteiger partial charge >= 0.3 is 0 Å². The summed E-state index contributed by atoms with van der Waals surface area (Å²) in [6, 6.07) is 42.4. The topological polar surface area (TPSA) is 77.3 Å². The Hall–Kier alpha value is -7.13. The van der Waals surface area contributed by atoms with Crippen LogP contribution in [0.5, 0.6) is 0 Å². The second kappa shape index (κ2) is 15.2. The van der Waals surface area contributed by atoms with Crippen LogP contribution in [0.25, 0.3) is 66.0 Å². The lowest BCUT2D eigenvalue weighted by atomic mass is 9.70. The molecule has 0 N–H and O–H groups in total. The molecule has 6 nitrogen and oxygen atoms in total. The monoisotopic (exact) mass is 882 g/mol. The molecule has 13 rings (SSSR count). The van der Waals surface area contributed by atoms with Crippen molar-refractivity contribution in [3.05, 3.63) is 225 Å². The number of benzene rings is 4. The van der Waals surface area contributed by atoms with E-state index in [2.05, 4.69) is 182 Å². The van der Waals surface area contributed by atoms with Gasteiger partial charge in [0.1, 0.15) is 0 Å². The zero-order chi connectivity index (χ0) is 44.0. The largest absolute Gasteiger partial charge is 0.211 e. The van der Waals surface area contributed by atoms with Crippen molar-refractivity contribution in [1.29, 1.82) is 0 Å². The standard InChI is InChI=1S/C56H40B2N6S2/c1-55(35-13-5-3-6-14-35)41-29-33(49-59-51(45-17-9-25-57-45)63-52(60-49)46-18-10-26-58-46)21-23-37(41)39-31-44-40(32-43(39)55)38-24-22-34(30-42(38)56(44,2)36-15-7-4-8-16-36)50-61-53(47-19-11-27-65-47)64-54(62-50)48-20-12-28-66-48/h3-21,23,25-32,57-58H,22,24H2,1-2H3. The number of nitrogens with zero attached hydrogens (tertiary/aromatic N) is 6. The molecule has 0 radical (unpaired) electrons. The van der Waals surface area contributed by atoms with E-state index in [1.807, 2.05) is 0 Å². The lowest BCUT2D eigenvalue weighted by Crippen LogP contribution is -2.25. The average molecular weight is 883 g/mol. The Kier molecular flexibility index (Phi) is 9.06. The van der Waals surface area contributed by atoms with Gasteiger partial charge in [0.25, 0.3) is 0 Å². The van der Waals surface area contributed by atoms with E-state index in [-0.39, 0.29) is 0 Å². The molecule has 8 aromatic rings. The predicted octanol–water partition coefficient (Wildman–Crippen LogP) is 12.1. The summed E-state index contributed by atoms with van der Waals surface area (Å²) in [6.45, 7) is 4.83. The lowest BCUT2D eigenvalue weighted by Gasteiger charge is -2.32. The number of hydrogen-bond donors (Lipinski definition) is 0. The van der Waals surface area contributed by atoms with Crippen LogP contribution in [0, 0.1) is 0 Å². The molecule has 4 aromatic carbocycles. The van der Waals surface area contributed by atoms with Crippen molar-refractivity contribution < 1.29 is 0 Å². The first-order chi connectivity index (χ1) is 32.4. The van der Waals surface area contributed by atoms with Crippen molar-refractivity contribution in [2.45, 2.75) is 37.5 Å². The Morgan fingerprint density at radius 3 is 1.62 bits per heavy atom. The Morgan fingerprint density at radius 2 is 1.03 bits per heavy atom. The maximum absolute atomic E-state index is 5.18. The number of allylic oxidation sites excluding steroid dienone is 8. The molecule has 5 aliphatic rings. The summed E-state index contributed by atoms with van der Waals surface area (Å²) in [4.78, 5) is 32.8. The maximum Gasteiger partial charge on any atom is 0.187 e. The zero-order valence-electron chi connectivity index (χ0n) is 36.5. The first-order valence-corrected chi connectivity index (χ1v) is 24.4. The molecule has 0 spiro atoms. The number of thiophene rings is 2. The molecule has 312 valence electrons. The third-order valence-electron chi connectivity index (χ3n) is 14.4. The van der Waals surface area contributed by atoms with Crippen molar-refractivity contribution >= 4 is 59.3 Å². The second-order valence-corrected chi connectivity index (χ2v) is 19.9. The van der Waals surface area contributed by atoms with Crippen LogP contribution in [-0.2, 0) is 10.8 Å². The van der Waals surface area contributed by atoms with Gasteiger partial charge in [0, 0.05) is 16.4 Å². The molecule has 4 aromatic heterocycles. The molecular formula is C56H40B2N6S2. The van der Waals surface area contributed by atoms with E-state index in [4.69, 9.17) is 29.9 Å². The third-order valence-corrected chi connectivity index (χ3v) is 16.1. The van der Waals surface area contributed by atoms with E-state index in [9.17, 15) is 0 Å². The van der Waals surface area contributed by atoms with Crippen LogP contribution in [0.3, 0.4) is 0 Å². The van der Waals surface area contributed by atoms with Crippen molar-refractivity contribution in [2.75, 3.05) is 0 Å². The van der Waals surface area contributed by atoms with E-state index in [1.54, 1.807) is 22.7 Å². The number of aromatic nitrogens is 6. The van der Waals surface area contributed by atoms with Crippen LogP contribution in [-0.4, -0.2) is 44.5 Å². The minimum absolute atomic E-state index is 0.427. The summed E-state index contributed by atoms with van der Waals surface area (Å²) in [6.07, 6.45) is 12.6. The van der Waals surface area contributed by atoms with E-state index in [0.717, 1.165) is 88.4 Å². The molecule has 0 amide bonds. The van der Waals surface area contributed by atoms with E-state index >= 15 is 0 Å². The molecule has 2 aliphatic heterocycles. The minimum Gasteiger partial charge on any atom is -0.211 e. The quantitative estimate of drug-likeness (QED) is 0.142. The smallest absolute Gasteiger partial charge is 0.187 e. The van der Waals surface area contributed by atoms with Gasteiger partial charge in [0.15, 0.2) is 49.5 Å². The highest BCUT2D eigenvalue weighted by atomic mass is 32.1. The molecule has 0 saturated heterocycles. The van der Waals surface area contributed by atoms with Gasteiger partial charge in [0.05, 0.1) is 9.75 Å². The minimum atomic E-state index is -0.450. The first-order valence-electron chi connectivity index (χ1n) is 22.7. The third kappa shape index (κ3) is 6.08. The van der Waals surface area contributed by atoms with Crippen molar-refractivity contribution in [3.63, 3.8) is 0 Å². The number of hydrogen-bond acceptors (Lipinski definition) is 8. The number of fused-ring (bicyclic) bond motifs is 5. The van der Waals surface area contributed by atoms with Crippen LogP contribution in [0.4, 0.5) is 0 Å². The summed E-state index contributed by atoms with van der Waals surface area (Å²) < 4.78 is 0. The van der Waals surface area contributed by atoms with Crippen LogP contribution in [0.1, 0.15) is 77.5 Å². The molecule has 3 aliphatic carbocycles. The summed E-state index contributed by atoms with van der Waals surface area (Å²) in [7, 11) is 1.64. The van der Waals surface area contributed by atoms with Crippen LogP contribution in [0.2, 0.25) is 0 Å². The van der Waals surface area contributed by atoms with Crippen molar-refractivity contribution in [1.82, 2.24) is 29.9 Å². The number of rotatable bonds is 8. The summed E-state index contributed by atoms with van der Waals surface area (Å²) in [5.74, 6) is 8.71. The van der Waals surface area contributed by atoms with Gasteiger partial charge in [-0.3, -0.25) is 0 Å². The normalized spacial score (nSPS) is 19.7. The molecule has 2 unspecified atom stereocenters. The molecule has 10 heteroatoms. The van der Waals surface area contributed by atoms with Gasteiger partial charge in [0.2, 0.25) is 0 Å². The van der Waals surface area contributed by atoms with Gasteiger partial charge in [-0.15, -0.1) is 34.6 Å². The maximum atomic E-state index is 5.18. The van der Waals surface area contributed by atoms with Crippen molar-refractivity contribution in [2.24, 2.45) is 0 Å². The fourth-order valence-corrected chi connectivity index (χ4v) is 12.2. The fraction of sp³-hybridized carbons (Fsp3) is 0.107. The van der Waals surface area contributed by atoms with Gasteiger partial charge < -0.3 is 0 Å². The SMILES string of the molecule is CC1(c2ccccc2)C2=C(CCC(c3nc(-c4cccs4)nc(-c4cccs4)n3)=C2)c2cc3c(cc21)-c1ccc(-c2nc(C4=CC=CB4)nc(C4=CC=CB4)n2)cc1C3(C)c1ccccc1. The average Bonchev–Trinajstić information content (AvgIpc) is 4.25. The fourth-order valence-electron chi connectivity index (χ4n) is 10.9. The highest BCUT2D eigenvalue weighted by Gasteiger charge is 2.48. The molecule has 6 heterocycles. The summed E-state index contributed by atoms with van der Waals surface area (Å²) >= 11 is 3.32. The highest BCUT2D eigenvalue weighted by Crippen LogP contribution is 2.60. The summed E-state index contributed by atoms with van der Waals surface area (Å²) in [5.41, 5.74) is 16.5. The molecule has 0 saturated carbocycles. The van der Waals surface area contributed by atoms with Gasteiger partial charge in [-0.05, 0) is 140 Å². The van der Waals surface area contributed by atoms with Gasteiger partial charge in [-0.1, -0.05) is 115 Å². The first kappa shape index (κ1) is 39.3. The van der Waals surface area contributed by atoms with Crippen LogP contribution >= 0.6 is 22.7 Å². The molecule has 0 bridgehead atoms. The van der Waals surface area contributed by atoms with Crippen LogP contribution < -0.4 is 0 Å². The summed E-state index contributed by atoms with van der Waals surface area (Å²) in [5, 5.41) is 4.17. The van der Waals surface area contributed by atoms with E-state index < -0.39 is 10.8 Å². The molecule has 0 fully saturated rings. The molecule has 2 atom stereocenters. The Balaban J connectivity index is 0.988. The van der Waals surface area contributed by atoms with E-state index in [1.165, 1.54) is 55.7 Å². The Labute approximate surface area is 393 Å². The Bertz CT molecular complexity index is 3400.